The lowest BCUT2D eigenvalue weighted by Crippen LogP contribution is -2.41. The Morgan fingerprint density at radius 2 is 2.00 bits per heavy atom. The molecule has 2 atom stereocenters. The van der Waals surface area contributed by atoms with Crippen LogP contribution in [-0.2, 0) is 4.79 Å². The van der Waals surface area contributed by atoms with E-state index in [4.69, 9.17) is 0 Å². The van der Waals surface area contributed by atoms with Gasteiger partial charge >= 0.3 is 0 Å². The van der Waals surface area contributed by atoms with Crippen LogP contribution in [0.25, 0.3) is 0 Å². The summed E-state index contributed by atoms with van der Waals surface area (Å²) in [4.78, 5) is 16.2. The van der Waals surface area contributed by atoms with Crippen LogP contribution in [0.2, 0.25) is 0 Å². The van der Waals surface area contributed by atoms with Crippen molar-refractivity contribution in [1.82, 2.24) is 10.2 Å². The molecule has 2 unspecified atom stereocenters. The number of likely N-dealkylation sites (tertiary alicyclic amines) is 1. The molecule has 1 heterocycles. The first-order valence-corrected chi connectivity index (χ1v) is 7.84. The third kappa shape index (κ3) is 3.40. The zero-order valence-electron chi connectivity index (χ0n) is 14.1. The molecule has 2 rings (SSSR count). The molecule has 1 fully saturated rings. The Labute approximate surface area is 132 Å². The molecule has 0 saturated carbocycles. The molecule has 1 N–H and O–H groups in total. The van der Waals surface area contributed by atoms with Crippen molar-refractivity contribution in [2.45, 2.75) is 45.3 Å². The number of nitrogens with one attached hydrogen (secondary N) is 1. The number of amides is 1. The second kappa shape index (κ2) is 6.65. The Morgan fingerprint density at radius 1 is 1.32 bits per heavy atom. The molecule has 1 aliphatic rings. The van der Waals surface area contributed by atoms with Crippen LogP contribution in [0.1, 0.15) is 38.8 Å². The third-order valence-electron chi connectivity index (χ3n) is 4.26. The highest BCUT2D eigenvalue weighted by Gasteiger charge is 2.34. The number of hydrogen-bond donors (Lipinski definition) is 1. The lowest BCUT2D eigenvalue weighted by Gasteiger charge is -2.25. The Balaban J connectivity index is 2.13. The summed E-state index contributed by atoms with van der Waals surface area (Å²) in [7, 11) is 3.79. The van der Waals surface area contributed by atoms with Gasteiger partial charge in [0.15, 0.2) is 0 Å². The second-order valence-corrected chi connectivity index (χ2v) is 6.45. The lowest BCUT2D eigenvalue weighted by atomic mass is 10.0. The van der Waals surface area contributed by atoms with Gasteiger partial charge in [0.1, 0.15) is 5.82 Å². The SMILES string of the molecule is CC(NC1CCN(C(C)C)C1=O)c1ccc(F)cc1N(C)C. The number of hydrogen-bond acceptors (Lipinski definition) is 3. The van der Waals surface area contributed by atoms with Crippen molar-refractivity contribution < 1.29 is 9.18 Å². The molecule has 0 aromatic heterocycles. The van der Waals surface area contributed by atoms with Crippen LogP contribution in [0.5, 0.6) is 0 Å². The van der Waals surface area contributed by atoms with Crippen molar-refractivity contribution in [3.63, 3.8) is 0 Å². The zero-order valence-corrected chi connectivity index (χ0v) is 14.1. The molecular formula is C17H26FN3O. The van der Waals surface area contributed by atoms with Crippen molar-refractivity contribution in [3.05, 3.63) is 29.6 Å². The van der Waals surface area contributed by atoms with Crippen LogP contribution in [0, 0.1) is 5.82 Å². The normalized spacial score (nSPS) is 19.9. The van der Waals surface area contributed by atoms with Gasteiger partial charge in [-0.15, -0.1) is 0 Å². The van der Waals surface area contributed by atoms with Crippen molar-refractivity contribution in [2.24, 2.45) is 0 Å². The van der Waals surface area contributed by atoms with Gasteiger partial charge < -0.3 is 9.80 Å². The maximum absolute atomic E-state index is 13.5. The molecule has 0 bridgehead atoms. The van der Waals surface area contributed by atoms with Crippen LogP contribution in [0.3, 0.4) is 0 Å². The van der Waals surface area contributed by atoms with E-state index < -0.39 is 0 Å². The quantitative estimate of drug-likeness (QED) is 0.908. The van der Waals surface area contributed by atoms with Gasteiger partial charge in [0, 0.05) is 38.4 Å². The van der Waals surface area contributed by atoms with Gasteiger partial charge in [-0.05, 0) is 44.9 Å². The van der Waals surface area contributed by atoms with E-state index in [1.165, 1.54) is 12.1 Å². The highest BCUT2D eigenvalue weighted by atomic mass is 19.1. The van der Waals surface area contributed by atoms with E-state index in [9.17, 15) is 9.18 Å². The Kier molecular flexibility index (Phi) is 5.06. The molecule has 1 amide bonds. The summed E-state index contributed by atoms with van der Waals surface area (Å²) < 4.78 is 13.5. The summed E-state index contributed by atoms with van der Waals surface area (Å²) in [6, 6.07) is 4.86. The van der Waals surface area contributed by atoms with Crippen molar-refractivity contribution in [1.29, 1.82) is 0 Å². The maximum atomic E-state index is 13.5. The molecule has 1 aromatic rings. The Morgan fingerprint density at radius 3 is 2.55 bits per heavy atom. The summed E-state index contributed by atoms with van der Waals surface area (Å²) in [5.41, 5.74) is 1.84. The molecule has 22 heavy (non-hydrogen) atoms. The molecular weight excluding hydrogens is 281 g/mol. The highest BCUT2D eigenvalue weighted by molar-refractivity contribution is 5.84. The molecule has 1 saturated heterocycles. The monoisotopic (exact) mass is 307 g/mol. The van der Waals surface area contributed by atoms with Crippen LogP contribution in [-0.4, -0.2) is 43.5 Å². The fourth-order valence-electron chi connectivity index (χ4n) is 3.03. The summed E-state index contributed by atoms with van der Waals surface area (Å²) in [6.07, 6.45) is 0.819. The van der Waals surface area contributed by atoms with E-state index in [1.54, 1.807) is 6.07 Å². The molecule has 122 valence electrons. The number of carbonyl (C=O) groups is 1. The standard InChI is InChI=1S/C17H26FN3O/c1-11(2)21-9-8-15(17(21)22)19-12(3)14-7-6-13(18)10-16(14)20(4)5/h6-7,10-12,15,19H,8-9H2,1-5H3. The Bertz CT molecular complexity index is 545. The van der Waals surface area contributed by atoms with Gasteiger partial charge in [-0.1, -0.05) is 6.07 Å². The molecule has 1 aromatic carbocycles. The topological polar surface area (TPSA) is 35.6 Å². The maximum Gasteiger partial charge on any atom is 0.240 e. The molecule has 1 aliphatic heterocycles. The second-order valence-electron chi connectivity index (χ2n) is 6.45. The Hall–Kier alpha value is -1.62. The minimum Gasteiger partial charge on any atom is -0.377 e. The van der Waals surface area contributed by atoms with Gasteiger partial charge in [0.2, 0.25) is 5.91 Å². The predicted molar refractivity (Wildman–Crippen MR) is 87.5 cm³/mol. The molecule has 5 heteroatoms. The van der Waals surface area contributed by atoms with E-state index in [2.05, 4.69) is 5.32 Å². The first kappa shape index (κ1) is 16.7. The summed E-state index contributed by atoms with van der Waals surface area (Å²) in [5.74, 6) is -0.0852. The number of nitrogens with zero attached hydrogens (tertiary/aromatic N) is 2. The van der Waals surface area contributed by atoms with Gasteiger partial charge in [-0.25, -0.2) is 4.39 Å². The third-order valence-corrected chi connectivity index (χ3v) is 4.26. The number of anilines is 1. The largest absolute Gasteiger partial charge is 0.377 e. The van der Waals surface area contributed by atoms with E-state index in [0.717, 1.165) is 24.2 Å². The minimum absolute atomic E-state index is 0.0148. The van der Waals surface area contributed by atoms with E-state index in [0.29, 0.717) is 0 Å². The van der Waals surface area contributed by atoms with Crippen LogP contribution >= 0.6 is 0 Å². The highest BCUT2D eigenvalue weighted by Crippen LogP contribution is 2.27. The van der Waals surface area contributed by atoms with E-state index >= 15 is 0 Å². The number of carbonyl (C=O) groups excluding carboxylic acids is 1. The first-order chi connectivity index (χ1) is 10.3. The van der Waals surface area contributed by atoms with Crippen molar-refractivity contribution >= 4 is 11.6 Å². The number of rotatable bonds is 5. The van der Waals surface area contributed by atoms with Gasteiger partial charge in [0.25, 0.3) is 0 Å². The van der Waals surface area contributed by atoms with Gasteiger partial charge in [-0.3, -0.25) is 10.1 Å². The minimum atomic E-state index is -0.248. The predicted octanol–water partition coefficient (Wildman–Crippen LogP) is 2.55. The van der Waals surface area contributed by atoms with Crippen LogP contribution < -0.4 is 10.2 Å². The summed E-state index contributed by atoms with van der Waals surface area (Å²) in [6.45, 7) is 6.89. The molecule has 0 spiro atoms. The fourth-order valence-corrected chi connectivity index (χ4v) is 3.03. The number of benzene rings is 1. The average Bonchev–Trinajstić information content (AvgIpc) is 2.80. The lowest BCUT2D eigenvalue weighted by molar-refractivity contribution is -0.130. The van der Waals surface area contributed by atoms with Gasteiger partial charge in [-0.2, -0.15) is 0 Å². The van der Waals surface area contributed by atoms with Crippen molar-refractivity contribution in [2.75, 3.05) is 25.5 Å². The smallest absolute Gasteiger partial charge is 0.240 e. The molecule has 4 nitrogen and oxygen atoms in total. The van der Waals surface area contributed by atoms with E-state index in [1.807, 2.05) is 44.7 Å². The first-order valence-electron chi connectivity index (χ1n) is 7.84. The summed E-state index contributed by atoms with van der Waals surface area (Å²) >= 11 is 0. The summed E-state index contributed by atoms with van der Waals surface area (Å²) in [5, 5.41) is 3.40. The fraction of sp³-hybridized carbons (Fsp3) is 0.588. The van der Waals surface area contributed by atoms with E-state index in [-0.39, 0.29) is 29.8 Å². The van der Waals surface area contributed by atoms with Crippen molar-refractivity contribution in [3.8, 4) is 0 Å². The van der Waals surface area contributed by atoms with Gasteiger partial charge in [0.05, 0.1) is 6.04 Å². The van der Waals surface area contributed by atoms with Crippen LogP contribution in [0.4, 0.5) is 10.1 Å². The number of halogens is 1. The zero-order chi connectivity index (χ0) is 16.4. The van der Waals surface area contributed by atoms with Crippen LogP contribution in [0.15, 0.2) is 18.2 Å². The average molecular weight is 307 g/mol. The molecule has 0 aliphatic carbocycles. The molecule has 0 radical (unpaired) electrons.